The van der Waals surface area contributed by atoms with E-state index in [-0.39, 0.29) is 21.9 Å². The lowest BCUT2D eigenvalue weighted by Crippen LogP contribution is -2.18. The Bertz CT molecular complexity index is 594. The molecule has 18 heavy (non-hydrogen) atoms. The van der Waals surface area contributed by atoms with Gasteiger partial charge in [-0.2, -0.15) is 4.98 Å². The van der Waals surface area contributed by atoms with E-state index < -0.39 is 0 Å². The lowest BCUT2D eigenvalue weighted by Gasteiger charge is -2.24. The lowest BCUT2D eigenvalue weighted by molar-refractivity contribution is -0.0296. The second-order valence-corrected chi connectivity index (χ2v) is 5.06. The van der Waals surface area contributed by atoms with Crippen LogP contribution in [-0.4, -0.2) is 26.1 Å². The fourth-order valence-electron chi connectivity index (χ4n) is 2.07. The van der Waals surface area contributed by atoms with E-state index in [1.54, 1.807) is 4.57 Å². The summed E-state index contributed by atoms with van der Waals surface area (Å²) in [5.41, 5.74) is 0.956. The first-order chi connectivity index (χ1) is 8.66. The maximum atomic E-state index is 6.13. The molecule has 0 N–H and O–H groups in total. The quantitative estimate of drug-likeness (QED) is 0.460. The van der Waals surface area contributed by atoms with E-state index in [9.17, 15) is 0 Å². The average molecular weight is 308 g/mol. The number of fused-ring (bicyclic) bond motifs is 1. The molecule has 3 heterocycles. The fourth-order valence-corrected chi connectivity index (χ4v) is 2.76. The first kappa shape index (κ1) is 12.4. The molecule has 2 aromatic rings. The third kappa shape index (κ3) is 2.05. The van der Waals surface area contributed by atoms with Gasteiger partial charge in [-0.05, 0) is 42.5 Å². The zero-order chi connectivity index (χ0) is 12.7. The van der Waals surface area contributed by atoms with Crippen LogP contribution < -0.4 is 0 Å². The van der Waals surface area contributed by atoms with Crippen LogP contribution in [0.25, 0.3) is 11.2 Å². The van der Waals surface area contributed by atoms with Crippen LogP contribution in [0.15, 0.2) is 0 Å². The van der Waals surface area contributed by atoms with Crippen LogP contribution in [0.4, 0.5) is 0 Å². The molecule has 0 spiro atoms. The van der Waals surface area contributed by atoms with Crippen molar-refractivity contribution in [3.05, 3.63) is 15.7 Å². The summed E-state index contributed by atoms with van der Waals surface area (Å²) in [6.07, 6.45) is 2.83. The number of hydrogen-bond acceptors (Lipinski definition) is 4. The summed E-state index contributed by atoms with van der Waals surface area (Å²) in [5, 5.41) is 0.554. The smallest absolute Gasteiger partial charge is 0.225 e. The van der Waals surface area contributed by atoms with Gasteiger partial charge >= 0.3 is 0 Å². The van der Waals surface area contributed by atoms with Gasteiger partial charge in [0.05, 0.1) is 0 Å². The summed E-state index contributed by atoms with van der Waals surface area (Å²) >= 11 is 17.9. The van der Waals surface area contributed by atoms with Crippen molar-refractivity contribution < 1.29 is 4.74 Å². The molecule has 0 saturated carbocycles. The molecule has 0 bridgehead atoms. The molecule has 1 aliphatic rings. The monoisotopic (exact) mass is 306 g/mol. The molecule has 0 amide bonds. The number of nitrogens with zero attached hydrogens (tertiary/aromatic N) is 4. The van der Waals surface area contributed by atoms with Crippen LogP contribution in [0.3, 0.4) is 0 Å². The summed E-state index contributed by atoms with van der Waals surface area (Å²) in [5.74, 6) is 0. The van der Waals surface area contributed by atoms with Gasteiger partial charge in [-0.1, -0.05) is 11.6 Å². The van der Waals surface area contributed by atoms with Crippen molar-refractivity contribution >= 4 is 46.0 Å². The van der Waals surface area contributed by atoms with E-state index in [1.165, 1.54) is 0 Å². The Morgan fingerprint density at radius 1 is 1.11 bits per heavy atom. The van der Waals surface area contributed by atoms with Crippen molar-refractivity contribution in [2.75, 3.05) is 6.61 Å². The molecule has 0 radical (unpaired) electrons. The molecule has 5 nitrogen and oxygen atoms in total. The number of ether oxygens (including phenoxy) is 1. The minimum absolute atomic E-state index is 0.0705. The van der Waals surface area contributed by atoms with Gasteiger partial charge < -0.3 is 4.74 Å². The van der Waals surface area contributed by atoms with Gasteiger partial charge in [0.1, 0.15) is 11.7 Å². The molecule has 0 aliphatic carbocycles. The highest BCUT2D eigenvalue weighted by Gasteiger charge is 2.24. The first-order valence-electron chi connectivity index (χ1n) is 5.55. The van der Waals surface area contributed by atoms with Crippen LogP contribution in [-0.2, 0) is 4.74 Å². The Hall–Kier alpha value is -0.620. The number of aromatic nitrogens is 4. The lowest BCUT2D eigenvalue weighted by atomic mass is 10.2. The van der Waals surface area contributed by atoms with Gasteiger partial charge in [0.2, 0.25) is 10.6 Å². The second kappa shape index (κ2) is 4.81. The van der Waals surface area contributed by atoms with Gasteiger partial charge in [0.25, 0.3) is 0 Å². The molecule has 96 valence electrons. The maximum Gasteiger partial charge on any atom is 0.225 e. The van der Waals surface area contributed by atoms with Crippen molar-refractivity contribution in [3.63, 3.8) is 0 Å². The summed E-state index contributed by atoms with van der Waals surface area (Å²) in [7, 11) is 0. The van der Waals surface area contributed by atoms with Crippen molar-refractivity contribution in [1.82, 2.24) is 19.5 Å². The zero-order valence-corrected chi connectivity index (χ0v) is 11.5. The highest BCUT2D eigenvalue weighted by Crippen LogP contribution is 2.32. The molecule has 1 aliphatic heterocycles. The SMILES string of the molecule is Clc1nc(Cl)c2nc(Cl)n(C3CCCCO3)c2n1. The number of rotatable bonds is 1. The Labute approximate surface area is 118 Å². The average Bonchev–Trinajstić information content (AvgIpc) is 2.67. The zero-order valence-electron chi connectivity index (χ0n) is 9.24. The molecule has 1 unspecified atom stereocenters. The first-order valence-corrected chi connectivity index (χ1v) is 6.68. The van der Waals surface area contributed by atoms with Crippen molar-refractivity contribution in [1.29, 1.82) is 0 Å². The summed E-state index contributed by atoms with van der Waals surface area (Å²) in [4.78, 5) is 12.1. The Kier molecular flexibility index (Phi) is 3.32. The maximum absolute atomic E-state index is 6.13. The van der Waals surface area contributed by atoms with Crippen LogP contribution in [0.2, 0.25) is 15.7 Å². The van der Waals surface area contributed by atoms with Gasteiger partial charge in [-0.25, -0.2) is 9.97 Å². The molecule has 1 saturated heterocycles. The van der Waals surface area contributed by atoms with Crippen LogP contribution in [0.1, 0.15) is 25.5 Å². The molecule has 8 heteroatoms. The van der Waals surface area contributed by atoms with Gasteiger partial charge in [0, 0.05) is 6.61 Å². The third-order valence-corrected chi connectivity index (χ3v) is 3.57. The highest BCUT2D eigenvalue weighted by molar-refractivity contribution is 6.36. The molecule has 1 atom stereocenters. The number of halogens is 3. The predicted molar refractivity (Wildman–Crippen MR) is 69.2 cm³/mol. The van der Waals surface area contributed by atoms with Gasteiger partial charge in [-0.15, -0.1) is 0 Å². The molecule has 0 aromatic carbocycles. The summed E-state index contributed by atoms with van der Waals surface area (Å²) in [6, 6.07) is 0. The van der Waals surface area contributed by atoms with E-state index in [0.29, 0.717) is 17.8 Å². The minimum atomic E-state index is -0.168. The second-order valence-electron chi connectivity index (χ2n) is 4.03. The molecule has 1 fully saturated rings. The van der Waals surface area contributed by atoms with Gasteiger partial charge in [-0.3, -0.25) is 4.57 Å². The van der Waals surface area contributed by atoms with E-state index in [4.69, 9.17) is 39.5 Å². The largest absolute Gasteiger partial charge is 0.358 e. The van der Waals surface area contributed by atoms with E-state index in [0.717, 1.165) is 19.3 Å². The van der Waals surface area contributed by atoms with Crippen LogP contribution in [0.5, 0.6) is 0 Å². The number of hydrogen-bond donors (Lipinski definition) is 0. The number of imidazole rings is 1. The topological polar surface area (TPSA) is 52.8 Å². The third-order valence-electron chi connectivity index (χ3n) is 2.87. The van der Waals surface area contributed by atoms with Crippen molar-refractivity contribution in [3.8, 4) is 0 Å². The predicted octanol–water partition coefficient (Wildman–Crippen LogP) is 3.49. The Morgan fingerprint density at radius 3 is 2.67 bits per heavy atom. The molecular weight excluding hydrogens is 298 g/mol. The van der Waals surface area contributed by atoms with Crippen LogP contribution in [0, 0.1) is 0 Å². The van der Waals surface area contributed by atoms with Crippen LogP contribution >= 0.6 is 34.8 Å². The standard InChI is InChI=1S/C10H9Cl3N4O/c11-7-6-8(16-9(12)15-7)17(10(13)14-6)5-3-1-2-4-18-5/h5H,1-4H2. The highest BCUT2D eigenvalue weighted by atomic mass is 35.5. The van der Waals surface area contributed by atoms with Gasteiger partial charge in [0.15, 0.2) is 10.8 Å². The van der Waals surface area contributed by atoms with E-state index >= 15 is 0 Å². The van der Waals surface area contributed by atoms with E-state index in [1.807, 2.05) is 0 Å². The van der Waals surface area contributed by atoms with Crippen molar-refractivity contribution in [2.24, 2.45) is 0 Å². The molecule has 2 aromatic heterocycles. The normalized spacial score (nSPS) is 20.5. The van der Waals surface area contributed by atoms with E-state index in [2.05, 4.69) is 15.0 Å². The van der Waals surface area contributed by atoms with Crippen molar-refractivity contribution in [2.45, 2.75) is 25.5 Å². The minimum Gasteiger partial charge on any atom is -0.358 e. The Morgan fingerprint density at radius 2 is 1.94 bits per heavy atom. The Balaban J connectivity index is 2.18. The summed E-state index contributed by atoms with van der Waals surface area (Å²) < 4.78 is 7.40. The summed E-state index contributed by atoms with van der Waals surface area (Å²) in [6.45, 7) is 0.702. The fraction of sp³-hybridized carbons (Fsp3) is 0.500. The molecule has 3 rings (SSSR count). The molecular formula is C10H9Cl3N4O.